The number of fused-ring (bicyclic) bond motifs is 1. The zero-order valence-corrected chi connectivity index (χ0v) is 43.6. The summed E-state index contributed by atoms with van der Waals surface area (Å²) in [5.41, 5.74) is 9.66. The summed E-state index contributed by atoms with van der Waals surface area (Å²) in [7, 11) is -7.87. The Labute approximate surface area is 414 Å². The van der Waals surface area contributed by atoms with Crippen molar-refractivity contribution in [3.05, 3.63) is 113 Å². The number of rotatable bonds is 21. The van der Waals surface area contributed by atoms with Crippen molar-refractivity contribution >= 4 is 46.1 Å². The topological polar surface area (TPSA) is 271 Å². The van der Waals surface area contributed by atoms with Crippen molar-refractivity contribution in [2.24, 2.45) is 0 Å². The number of nitrogen functional groups attached to an aromatic ring is 1. The molecule has 1 unspecified atom stereocenters. The number of sulfonamides is 2. The van der Waals surface area contributed by atoms with E-state index in [1.54, 1.807) is 73.8 Å². The molecule has 0 bridgehead atoms. The van der Waals surface area contributed by atoms with Crippen LogP contribution in [-0.4, -0.2) is 118 Å². The number of nitrogens with zero attached hydrogens (tertiary/aromatic N) is 7. The van der Waals surface area contributed by atoms with Crippen LogP contribution in [0.4, 0.5) is 16.4 Å². The fourth-order valence-corrected chi connectivity index (χ4v) is 12.7. The van der Waals surface area contributed by atoms with Gasteiger partial charge in [-0.1, -0.05) is 57.2 Å². The molecule has 3 heterocycles. The fourth-order valence-electron chi connectivity index (χ4n) is 7.87. The van der Waals surface area contributed by atoms with Gasteiger partial charge in [0, 0.05) is 44.8 Å². The Morgan fingerprint density at radius 1 is 0.859 bits per heavy atom. The summed E-state index contributed by atoms with van der Waals surface area (Å²) < 4.78 is 91.2. The Bertz CT molecular complexity index is 2990. The Morgan fingerprint density at radius 2 is 1.42 bits per heavy atom. The van der Waals surface area contributed by atoms with Crippen LogP contribution in [0.1, 0.15) is 48.8 Å². The molecule has 6 aromatic rings. The van der Waals surface area contributed by atoms with Crippen LogP contribution in [0.15, 0.2) is 94.7 Å². The van der Waals surface area contributed by atoms with Crippen LogP contribution in [0.2, 0.25) is 18.1 Å². The van der Waals surface area contributed by atoms with E-state index in [1.165, 1.54) is 29.3 Å². The van der Waals surface area contributed by atoms with E-state index in [9.17, 15) is 9.90 Å². The van der Waals surface area contributed by atoms with Crippen LogP contribution in [0.3, 0.4) is 0 Å². The first kappa shape index (κ1) is 52.3. The van der Waals surface area contributed by atoms with Crippen LogP contribution < -0.4 is 34.9 Å². The highest BCUT2D eigenvalue weighted by Gasteiger charge is 2.42. The van der Waals surface area contributed by atoms with Crippen molar-refractivity contribution in [1.29, 1.82) is 0 Å². The maximum absolute atomic E-state index is 16.3. The number of hydrogen-bond donors (Lipinski definition) is 5. The molecule has 1 atom stereocenters. The summed E-state index contributed by atoms with van der Waals surface area (Å²) in [6.45, 7) is 9.40. The number of nitrogens with two attached hydrogens (primary N) is 1. The van der Waals surface area contributed by atoms with Crippen LogP contribution in [0, 0.1) is 0 Å². The number of aromatic nitrogens is 6. The van der Waals surface area contributed by atoms with Gasteiger partial charge in [0.1, 0.15) is 27.0 Å². The van der Waals surface area contributed by atoms with Crippen molar-refractivity contribution in [1.82, 2.24) is 44.5 Å². The Morgan fingerprint density at radius 3 is 1.96 bits per heavy atom. The van der Waals surface area contributed by atoms with Gasteiger partial charge in [-0.25, -0.2) is 36.0 Å². The number of aromatic amines is 1. The summed E-state index contributed by atoms with van der Waals surface area (Å²) in [5, 5.41) is 24.5. The minimum atomic E-state index is -4.98. The van der Waals surface area contributed by atoms with E-state index in [-0.39, 0.29) is 55.1 Å². The molecule has 7 rings (SSSR count). The molecule has 0 radical (unpaired) electrons. The van der Waals surface area contributed by atoms with E-state index in [0.29, 0.717) is 52.7 Å². The number of methoxy groups -OCH3 is 3. The van der Waals surface area contributed by atoms with Crippen LogP contribution in [0.25, 0.3) is 11.4 Å². The summed E-state index contributed by atoms with van der Waals surface area (Å²) in [5.74, 6) is 1.89. The van der Waals surface area contributed by atoms with Gasteiger partial charge in [0.25, 0.3) is 0 Å². The third-order valence-electron chi connectivity index (χ3n) is 12.7. The molecular formula is C47H61N11O10S2Si. The number of carboxylic acid groups (broad SMARTS) is 1. The van der Waals surface area contributed by atoms with Gasteiger partial charge < -0.3 is 44.7 Å². The molecule has 1 amide bonds. The monoisotopic (exact) mass is 1030 g/mol. The molecule has 0 fully saturated rings. The first-order valence-electron chi connectivity index (χ1n) is 22.7. The van der Waals surface area contributed by atoms with E-state index >= 15 is 16.8 Å². The van der Waals surface area contributed by atoms with Crippen LogP contribution in [0.5, 0.6) is 17.2 Å². The molecule has 6 N–H and O–H groups in total. The molecule has 21 nitrogen and oxygen atoms in total. The summed E-state index contributed by atoms with van der Waals surface area (Å²) in [4.78, 5) is 20.0. The van der Waals surface area contributed by atoms with Crippen molar-refractivity contribution in [2.75, 3.05) is 51.6 Å². The molecular weight excluding hydrogens is 971 g/mol. The van der Waals surface area contributed by atoms with Crippen molar-refractivity contribution in [3.63, 3.8) is 0 Å². The lowest BCUT2D eigenvalue weighted by Crippen LogP contribution is -2.50. The summed E-state index contributed by atoms with van der Waals surface area (Å²) >= 11 is 0. The molecule has 0 saturated heterocycles. The summed E-state index contributed by atoms with van der Waals surface area (Å²) in [6.07, 6.45) is -1.89. The second kappa shape index (κ2) is 21.4. The molecule has 2 aromatic heterocycles. The number of ether oxygens (including phenoxy) is 3. The summed E-state index contributed by atoms with van der Waals surface area (Å²) in [6, 6.07) is 23.7. The molecule has 0 spiro atoms. The molecule has 71 heavy (non-hydrogen) atoms. The van der Waals surface area contributed by atoms with Gasteiger partial charge >= 0.3 is 6.09 Å². The number of anilines is 2. The van der Waals surface area contributed by atoms with E-state index in [4.69, 9.17) is 24.4 Å². The first-order chi connectivity index (χ1) is 33.6. The van der Waals surface area contributed by atoms with Gasteiger partial charge in [0.2, 0.25) is 20.0 Å². The highest BCUT2D eigenvalue weighted by atomic mass is 32.2. The number of amides is 1. The van der Waals surface area contributed by atoms with Gasteiger partial charge in [0.05, 0.1) is 57.5 Å². The highest BCUT2D eigenvalue weighted by Crippen LogP contribution is 2.43. The number of carbonyl (C=O) groups is 1. The van der Waals surface area contributed by atoms with Gasteiger partial charge in [-0.2, -0.15) is 4.31 Å². The molecule has 0 saturated carbocycles. The molecule has 24 heteroatoms. The molecule has 0 aliphatic carbocycles. The minimum absolute atomic E-state index is 0.0417. The SMILES string of the molecule is COc1ccc(CN(Cc2ccc(OC)cc2)S(=O)(=O)c2c(S(=O)(=O)NCC(CNC(=O)O)O[Si](C)(C)C(C)(C)C)ccc(N3CCc4nc(N)[nH]c4C3)c2-c2nnnn2Cc2ccc(OC)cc2)cc1. The van der Waals surface area contributed by atoms with E-state index in [0.717, 1.165) is 11.3 Å². The second-order valence-electron chi connectivity index (χ2n) is 18.5. The van der Waals surface area contributed by atoms with Gasteiger partial charge in [0.15, 0.2) is 20.1 Å². The molecule has 380 valence electrons. The average Bonchev–Trinajstić information content (AvgIpc) is 3.96. The first-order valence-corrected chi connectivity index (χ1v) is 28.5. The molecule has 4 aromatic carbocycles. The van der Waals surface area contributed by atoms with Gasteiger partial charge in [-0.3, -0.25) is 0 Å². The fraction of sp³-hybridized carbons (Fsp3) is 0.383. The number of benzene rings is 4. The predicted octanol–water partition coefficient (Wildman–Crippen LogP) is 5.61. The highest BCUT2D eigenvalue weighted by molar-refractivity contribution is 7.92. The average molecular weight is 1030 g/mol. The van der Waals surface area contributed by atoms with Crippen molar-refractivity contribution < 1.29 is 45.4 Å². The smallest absolute Gasteiger partial charge is 0.404 e. The van der Waals surface area contributed by atoms with E-state index in [2.05, 4.69) is 35.5 Å². The maximum Gasteiger partial charge on any atom is 0.404 e. The van der Waals surface area contributed by atoms with E-state index in [1.807, 2.05) is 50.9 Å². The Hall–Kier alpha value is -6.57. The zero-order valence-electron chi connectivity index (χ0n) is 41.0. The van der Waals surface area contributed by atoms with Crippen molar-refractivity contribution in [3.8, 4) is 28.6 Å². The number of nitrogens with one attached hydrogen (secondary N) is 3. The lowest BCUT2D eigenvalue weighted by Gasteiger charge is -2.39. The lowest BCUT2D eigenvalue weighted by atomic mass is 10.1. The Kier molecular flexibility index (Phi) is 15.8. The number of imidazole rings is 1. The van der Waals surface area contributed by atoms with Crippen LogP contribution in [-0.2, 0) is 57.1 Å². The standard InChI is InChI=1S/C47H61N11O10S2Si/c1-47(2,3)71(7,8)68-37(25-49-46(59)60)26-50-69(61,62)41-22-21-40(56-24-23-38-39(30-56)52-45(48)51-38)42(44-53-54-55-58(44)29-33-13-19-36(67-6)20-14-33)43(41)70(63,64)57(27-31-9-15-34(65-4)16-10-31)28-32-11-17-35(66-5)18-12-32/h9-22,37,49-50H,23-30H2,1-8H3,(H,59,60)(H3,48,51,52). The maximum atomic E-state index is 16.3. The normalized spacial score (nSPS) is 13.7. The number of hydrogen-bond acceptors (Lipinski definition) is 15. The van der Waals surface area contributed by atoms with Gasteiger partial charge in [-0.15, -0.1) is 5.10 Å². The third-order valence-corrected chi connectivity index (χ3v) is 20.7. The molecule has 1 aliphatic rings. The quantitative estimate of drug-likeness (QED) is 0.0548. The largest absolute Gasteiger partial charge is 0.497 e. The minimum Gasteiger partial charge on any atom is -0.497 e. The van der Waals surface area contributed by atoms with Crippen LogP contribution >= 0.6 is 0 Å². The van der Waals surface area contributed by atoms with Crippen molar-refractivity contribution in [2.45, 2.75) is 87.4 Å². The zero-order chi connectivity index (χ0) is 51.3. The lowest BCUT2D eigenvalue weighted by molar-refractivity contribution is 0.163. The van der Waals surface area contributed by atoms with E-state index < -0.39 is 56.9 Å². The second-order valence-corrected chi connectivity index (χ2v) is 26.9. The Balaban J connectivity index is 1.47. The van der Waals surface area contributed by atoms with Gasteiger partial charge in [-0.05, 0) is 93.8 Å². The molecule has 1 aliphatic heterocycles. The predicted molar refractivity (Wildman–Crippen MR) is 269 cm³/mol. The number of tetrazole rings is 1. The number of H-pyrrole nitrogens is 1. The third kappa shape index (κ3) is 12.1.